The van der Waals surface area contributed by atoms with Crippen molar-refractivity contribution in [2.75, 3.05) is 21.0 Å². The van der Waals surface area contributed by atoms with Crippen molar-refractivity contribution in [1.82, 2.24) is 4.98 Å². The van der Waals surface area contributed by atoms with Gasteiger partial charge >= 0.3 is 0 Å². The van der Waals surface area contributed by atoms with Crippen LogP contribution in [0.2, 0.25) is 0 Å². The lowest BCUT2D eigenvalue weighted by molar-refractivity contribution is 0.174. The largest absolute Gasteiger partial charge is 0.493 e. The molecule has 0 unspecified atom stereocenters. The van der Waals surface area contributed by atoms with Crippen LogP contribution in [-0.2, 0) is 0 Å². The number of ether oxygens (including phenoxy) is 4. The Morgan fingerprint density at radius 2 is 1.83 bits per heavy atom. The third-order valence-corrected chi connectivity index (χ3v) is 4.04. The van der Waals surface area contributed by atoms with Crippen LogP contribution in [0.4, 0.5) is 0 Å². The van der Waals surface area contributed by atoms with Crippen LogP contribution in [0.1, 0.15) is 0 Å². The number of methoxy groups -OCH3 is 2. The summed E-state index contributed by atoms with van der Waals surface area (Å²) < 4.78 is 21.3. The number of hydrogen-bond acceptors (Lipinski definition) is 5. The fraction of sp³-hybridized carbons (Fsp3) is 0.167. The maximum atomic E-state index is 12.6. The fourth-order valence-corrected chi connectivity index (χ4v) is 2.89. The number of rotatable bonds is 3. The van der Waals surface area contributed by atoms with E-state index in [1.807, 2.05) is 30.3 Å². The molecule has 1 aliphatic heterocycles. The van der Waals surface area contributed by atoms with Gasteiger partial charge in [-0.1, -0.05) is 6.07 Å². The molecule has 3 aromatic rings. The molecule has 0 saturated carbocycles. The summed E-state index contributed by atoms with van der Waals surface area (Å²) in [7, 11) is 3.06. The molecule has 1 aromatic heterocycles. The molecule has 0 bridgehead atoms. The average Bonchev–Trinajstić information content (AvgIpc) is 3.08. The number of aromatic amines is 1. The van der Waals surface area contributed by atoms with E-state index in [-0.39, 0.29) is 12.4 Å². The Bertz CT molecular complexity index is 993. The lowest BCUT2D eigenvalue weighted by atomic mass is 10.1. The minimum atomic E-state index is -0.240. The van der Waals surface area contributed by atoms with Crippen molar-refractivity contribution in [2.45, 2.75) is 0 Å². The lowest BCUT2D eigenvalue weighted by Gasteiger charge is -2.11. The molecule has 0 saturated heterocycles. The van der Waals surface area contributed by atoms with Crippen LogP contribution in [0.15, 0.2) is 41.2 Å². The van der Waals surface area contributed by atoms with E-state index in [1.165, 1.54) is 7.11 Å². The Hall–Kier alpha value is -3.15. The summed E-state index contributed by atoms with van der Waals surface area (Å²) in [5.41, 5.74) is 1.29. The molecule has 0 spiro atoms. The van der Waals surface area contributed by atoms with Gasteiger partial charge in [0.2, 0.25) is 6.79 Å². The highest BCUT2D eigenvalue weighted by Crippen LogP contribution is 2.37. The average molecular weight is 325 g/mol. The summed E-state index contributed by atoms with van der Waals surface area (Å²) >= 11 is 0. The van der Waals surface area contributed by atoms with Gasteiger partial charge in [-0.3, -0.25) is 4.79 Å². The summed E-state index contributed by atoms with van der Waals surface area (Å²) in [4.78, 5) is 15.5. The van der Waals surface area contributed by atoms with Crippen LogP contribution >= 0.6 is 0 Å². The Labute approximate surface area is 137 Å². The summed E-state index contributed by atoms with van der Waals surface area (Å²) in [5, 5.41) is 1.23. The third-order valence-electron chi connectivity index (χ3n) is 4.04. The van der Waals surface area contributed by atoms with Gasteiger partial charge in [0.05, 0.1) is 19.6 Å². The first-order chi connectivity index (χ1) is 11.7. The summed E-state index contributed by atoms with van der Waals surface area (Å²) in [6.07, 6.45) is 0. The third kappa shape index (κ3) is 2.15. The number of nitrogens with one attached hydrogen (secondary N) is 1. The van der Waals surface area contributed by atoms with Crippen molar-refractivity contribution in [3.05, 3.63) is 46.8 Å². The Morgan fingerprint density at radius 1 is 1.00 bits per heavy atom. The van der Waals surface area contributed by atoms with Gasteiger partial charge in [0.25, 0.3) is 5.56 Å². The van der Waals surface area contributed by atoms with E-state index in [9.17, 15) is 4.79 Å². The summed E-state index contributed by atoms with van der Waals surface area (Å²) in [6, 6.07) is 11.1. The van der Waals surface area contributed by atoms with Crippen molar-refractivity contribution in [2.24, 2.45) is 0 Å². The molecule has 4 rings (SSSR count). The smallest absolute Gasteiger partial charge is 0.260 e. The topological polar surface area (TPSA) is 69.8 Å². The van der Waals surface area contributed by atoms with Crippen LogP contribution in [0.3, 0.4) is 0 Å². The first kappa shape index (κ1) is 14.4. The molecule has 6 nitrogen and oxygen atoms in total. The van der Waals surface area contributed by atoms with Crippen LogP contribution in [0.5, 0.6) is 23.0 Å². The second-order valence-corrected chi connectivity index (χ2v) is 5.35. The molecule has 6 heteroatoms. The van der Waals surface area contributed by atoms with Crippen molar-refractivity contribution in [1.29, 1.82) is 0 Å². The number of hydrogen-bond donors (Lipinski definition) is 1. The van der Waals surface area contributed by atoms with E-state index in [0.29, 0.717) is 34.1 Å². The molecule has 1 N–H and O–H groups in total. The van der Waals surface area contributed by atoms with E-state index in [0.717, 1.165) is 10.9 Å². The molecule has 2 aromatic carbocycles. The van der Waals surface area contributed by atoms with Gasteiger partial charge < -0.3 is 23.9 Å². The van der Waals surface area contributed by atoms with Gasteiger partial charge in [0, 0.05) is 11.3 Å². The van der Waals surface area contributed by atoms with E-state index in [2.05, 4.69) is 4.98 Å². The van der Waals surface area contributed by atoms with Crippen LogP contribution in [-0.4, -0.2) is 26.0 Å². The summed E-state index contributed by atoms with van der Waals surface area (Å²) in [6.45, 7) is 0.212. The van der Waals surface area contributed by atoms with E-state index in [1.54, 1.807) is 13.2 Å². The molecule has 0 atom stereocenters. The minimum absolute atomic E-state index is 0.212. The second kappa shape index (κ2) is 5.49. The SMILES string of the molecule is COc1ccc2cc(-c3ccc4c(c3)OCO4)[nH]c(=O)c2c1OC. The van der Waals surface area contributed by atoms with Gasteiger partial charge in [-0.25, -0.2) is 0 Å². The Morgan fingerprint density at radius 3 is 2.62 bits per heavy atom. The monoisotopic (exact) mass is 325 g/mol. The van der Waals surface area contributed by atoms with Crippen molar-refractivity contribution in [3.8, 4) is 34.3 Å². The Balaban J connectivity index is 1.91. The maximum Gasteiger partial charge on any atom is 0.260 e. The molecule has 24 heavy (non-hydrogen) atoms. The molecule has 1 aliphatic rings. The minimum Gasteiger partial charge on any atom is -0.493 e. The second-order valence-electron chi connectivity index (χ2n) is 5.35. The zero-order valence-corrected chi connectivity index (χ0v) is 13.2. The molecule has 122 valence electrons. The van der Waals surface area contributed by atoms with Crippen molar-refractivity contribution >= 4 is 10.8 Å². The standard InChI is InChI=1S/C18H15NO5/c1-21-14-6-4-11-7-12(19-18(20)16(11)17(14)22-2)10-3-5-13-15(8-10)24-9-23-13/h3-8H,9H2,1-2H3,(H,19,20). The summed E-state index contributed by atoms with van der Waals surface area (Å²) in [5.74, 6) is 2.31. The van der Waals surface area contributed by atoms with E-state index in [4.69, 9.17) is 18.9 Å². The predicted octanol–water partition coefficient (Wildman–Crippen LogP) is 2.94. The molecule has 0 aliphatic carbocycles. The maximum absolute atomic E-state index is 12.6. The number of aromatic nitrogens is 1. The first-order valence-corrected chi connectivity index (χ1v) is 7.39. The first-order valence-electron chi connectivity index (χ1n) is 7.39. The molecular weight excluding hydrogens is 310 g/mol. The normalized spacial score (nSPS) is 12.4. The highest BCUT2D eigenvalue weighted by molar-refractivity contribution is 5.92. The quantitative estimate of drug-likeness (QED) is 0.802. The van der Waals surface area contributed by atoms with Crippen LogP contribution in [0, 0.1) is 0 Å². The van der Waals surface area contributed by atoms with Gasteiger partial charge in [-0.2, -0.15) is 0 Å². The zero-order valence-electron chi connectivity index (χ0n) is 13.2. The predicted molar refractivity (Wildman–Crippen MR) is 89.2 cm³/mol. The highest BCUT2D eigenvalue weighted by atomic mass is 16.7. The number of H-pyrrole nitrogens is 1. The lowest BCUT2D eigenvalue weighted by Crippen LogP contribution is -2.09. The van der Waals surface area contributed by atoms with E-state index < -0.39 is 0 Å². The van der Waals surface area contributed by atoms with Crippen LogP contribution in [0.25, 0.3) is 22.0 Å². The van der Waals surface area contributed by atoms with Crippen molar-refractivity contribution in [3.63, 3.8) is 0 Å². The van der Waals surface area contributed by atoms with Crippen molar-refractivity contribution < 1.29 is 18.9 Å². The van der Waals surface area contributed by atoms with Gasteiger partial charge in [0.1, 0.15) is 0 Å². The zero-order chi connectivity index (χ0) is 16.7. The molecule has 0 fully saturated rings. The number of pyridine rings is 1. The van der Waals surface area contributed by atoms with Gasteiger partial charge in [-0.15, -0.1) is 0 Å². The molecule has 0 amide bonds. The van der Waals surface area contributed by atoms with E-state index >= 15 is 0 Å². The Kier molecular flexibility index (Phi) is 3.30. The number of benzene rings is 2. The highest BCUT2D eigenvalue weighted by Gasteiger charge is 2.16. The fourth-order valence-electron chi connectivity index (χ4n) is 2.89. The molecular formula is C18H15NO5. The van der Waals surface area contributed by atoms with Gasteiger partial charge in [0.15, 0.2) is 23.0 Å². The molecule has 0 radical (unpaired) electrons. The van der Waals surface area contributed by atoms with Crippen LogP contribution < -0.4 is 24.5 Å². The van der Waals surface area contributed by atoms with Gasteiger partial charge in [-0.05, 0) is 35.7 Å². The molecule has 2 heterocycles. The number of fused-ring (bicyclic) bond motifs is 2.